The monoisotopic (exact) mass is 230 g/mol. The lowest BCUT2D eigenvalue weighted by molar-refractivity contribution is 0.278. The summed E-state index contributed by atoms with van der Waals surface area (Å²) in [5, 5.41) is 21.5. The molecule has 0 unspecified atom stereocenters. The van der Waals surface area contributed by atoms with Gasteiger partial charge in [0.15, 0.2) is 0 Å². The van der Waals surface area contributed by atoms with Gasteiger partial charge in [0.25, 0.3) is 5.56 Å². The van der Waals surface area contributed by atoms with Crippen molar-refractivity contribution in [1.82, 2.24) is 19.9 Å². The topological polar surface area (TPSA) is 175 Å². The van der Waals surface area contributed by atoms with Crippen LogP contribution in [0.4, 0.5) is 0 Å². The Morgan fingerprint density at radius 3 is 1.75 bits per heavy atom. The van der Waals surface area contributed by atoms with E-state index in [9.17, 15) is 14.4 Å². The number of aromatic amines is 4. The van der Waals surface area contributed by atoms with Crippen LogP contribution in [0.2, 0.25) is 0 Å². The van der Waals surface area contributed by atoms with Crippen LogP contribution in [0.1, 0.15) is 0 Å². The summed E-state index contributed by atoms with van der Waals surface area (Å²) < 4.78 is 0. The van der Waals surface area contributed by atoms with Crippen LogP contribution in [-0.2, 0) is 0 Å². The Hall–Kier alpha value is -2.11. The molecule has 0 aliphatic heterocycles. The predicted molar refractivity (Wildman–Crippen MR) is 52.6 cm³/mol. The molecule has 2 heterocycles. The van der Waals surface area contributed by atoms with Crippen LogP contribution in [0.15, 0.2) is 14.4 Å². The quantitative estimate of drug-likeness (QED) is 0.228. The Morgan fingerprint density at radius 2 is 1.25 bits per heavy atom. The third kappa shape index (κ3) is 2.95. The van der Waals surface area contributed by atoms with E-state index in [2.05, 4.69) is 15.0 Å². The Bertz CT molecular complexity index is 632. The second-order valence-corrected chi connectivity index (χ2v) is 2.58. The Kier molecular flexibility index (Phi) is 3.45. The second-order valence-electron chi connectivity index (χ2n) is 2.58. The zero-order valence-corrected chi connectivity index (χ0v) is 7.64. The molecule has 0 fully saturated rings. The first-order valence-corrected chi connectivity index (χ1v) is 3.89. The van der Waals surface area contributed by atoms with Gasteiger partial charge in [-0.15, -0.1) is 0 Å². The minimum Gasteiger partial charge on any atom is -0.402 e. The minimum absolute atomic E-state index is 0.0413. The first-order valence-electron chi connectivity index (χ1n) is 3.89. The zero-order valence-electron chi connectivity index (χ0n) is 7.64. The van der Waals surface area contributed by atoms with E-state index in [-0.39, 0.29) is 11.2 Å². The largest absolute Gasteiger partial charge is 0.631 e. The van der Waals surface area contributed by atoms with Gasteiger partial charge in [-0.2, -0.15) is 0 Å². The molecule has 0 saturated heterocycles. The van der Waals surface area contributed by atoms with Crippen molar-refractivity contribution in [2.24, 2.45) is 0 Å². The highest BCUT2D eigenvalue weighted by Gasteiger charge is 2.02. The fraction of sp³-hybridized carbons (Fsp3) is 0. The highest BCUT2D eigenvalue weighted by molar-refractivity contribution is 6.30. The van der Waals surface area contributed by atoms with Gasteiger partial charge in [0, 0.05) is 0 Å². The van der Waals surface area contributed by atoms with Crippen LogP contribution in [0, 0.1) is 0 Å². The molecule has 0 amide bonds. The summed E-state index contributed by atoms with van der Waals surface area (Å²) in [4.78, 5) is 41.0. The van der Waals surface area contributed by atoms with Crippen molar-refractivity contribution in [2.45, 2.75) is 0 Å². The van der Waals surface area contributed by atoms with Gasteiger partial charge in [0.05, 0.1) is 0 Å². The van der Waals surface area contributed by atoms with Gasteiger partial charge in [-0.1, -0.05) is 0 Å². The normalized spacial score (nSPS) is 9.69. The molecule has 16 heavy (non-hydrogen) atoms. The lowest BCUT2D eigenvalue weighted by atomic mass is 10.3. The summed E-state index contributed by atoms with van der Waals surface area (Å²) in [5.41, 5.74) is -1.65. The zero-order chi connectivity index (χ0) is 12.3. The molecule has 2 aromatic heterocycles. The van der Waals surface area contributed by atoms with Crippen LogP contribution in [0.5, 0.6) is 0 Å². The van der Waals surface area contributed by atoms with Crippen LogP contribution in [0.3, 0.4) is 0 Å². The van der Waals surface area contributed by atoms with Crippen molar-refractivity contribution < 1.29 is 15.1 Å². The molecule has 0 aliphatic carbocycles. The summed E-state index contributed by atoms with van der Waals surface area (Å²) >= 11 is 0. The Balaban J connectivity index is 0.000000280. The van der Waals surface area contributed by atoms with Gasteiger partial charge in [-0.25, -0.2) is 9.59 Å². The molecule has 86 valence electrons. The summed E-state index contributed by atoms with van der Waals surface area (Å²) in [6.45, 7) is 0. The van der Waals surface area contributed by atoms with E-state index in [1.165, 1.54) is 0 Å². The highest BCUT2D eigenvalue weighted by atomic mass is 16.5. The fourth-order valence-electron chi connectivity index (χ4n) is 0.958. The molecule has 0 aromatic carbocycles. The van der Waals surface area contributed by atoms with E-state index in [0.717, 1.165) is 0 Å². The van der Waals surface area contributed by atoms with E-state index < -0.39 is 24.3 Å². The molecular weight excluding hydrogens is 223 g/mol. The van der Waals surface area contributed by atoms with Crippen LogP contribution < -0.4 is 16.9 Å². The SMILES string of the molecule is O=c1[nH]c(=O)c2[nH]c(=O)[nH]c2[nH]1.OB(O)O. The van der Waals surface area contributed by atoms with E-state index in [1.54, 1.807) is 0 Å². The number of imidazole rings is 1. The molecule has 0 atom stereocenters. The van der Waals surface area contributed by atoms with Crippen LogP contribution >= 0.6 is 0 Å². The van der Waals surface area contributed by atoms with Crippen molar-refractivity contribution in [1.29, 1.82) is 0 Å². The molecule has 0 radical (unpaired) electrons. The molecule has 7 N–H and O–H groups in total. The van der Waals surface area contributed by atoms with Crippen molar-refractivity contribution in [3.63, 3.8) is 0 Å². The van der Waals surface area contributed by atoms with Gasteiger partial charge in [0.2, 0.25) is 0 Å². The van der Waals surface area contributed by atoms with Crippen molar-refractivity contribution in [3.8, 4) is 0 Å². The Labute approximate surface area is 85.8 Å². The van der Waals surface area contributed by atoms with Gasteiger partial charge in [-0.05, 0) is 0 Å². The minimum atomic E-state index is -2.17. The van der Waals surface area contributed by atoms with Crippen molar-refractivity contribution in [2.75, 3.05) is 0 Å². The van der Waals surface area contributed by atoms with Crippen LogP contribution in [-0.4, -0.2) is 42.3 Å². The maximum absolute atomic E-state index is 10.9. The van der Waals surface area contributed by atoms with E-state index in [1.807, 2.05) is 4.98 Å². The van der Waals surface area contributed by atoms with Gasteiger partial charge < -0.3 is 15.1 Å². The average molecular weight is 230 g/mol. The number of H-pyrrole nitrogens is 4. The van der Waals surface area contributed by atoms with E-state index in [0.29, 0.717) is 0 Å². The number of nitrogens with one attached hydrogen (secondary N) is 4. The first-order chi connectivity index (χ1) is 7.40. The smallest absolute Gasteiger partial charge is 0.402 e. The van der Waals surface area contributed by atoms with Gasteiger partial charge in [-0.3, -0.25) is 24.7 Å². The molecule has 0 bridgehead atoms. The molecule has 2 rings (SSSR count). The standard InChI is InChI=1S/C5H4N4O3.BH3O3/c10-3-1-2(7-4(11)6-1)8-5(12)9-3;2-1(3)4/h(H4,6,7,8,9,10,11,12);2-4H. The number of hydrogen-bond acceptors (Lipinski definition) is 6. The summed E-state index contributed by atoms with van der Waals surface area (Å²) in [6, 6.07) is 0. The number of rotatable bonds is 0. The summed E-state index contributed by atoms with van der Waals surface area (Å²) in [6.07, 6.45) is 0. The third-order valence-electron chi connectivity index (χ3n) is 1.42. The molecular formula is C5H7BN4O6. The molecule has 10 nitrogen and oxygen atoms in total. The van der Waals surface area contributed by atoms with E-state index >= 15 is 0 Å². The maximum Gasteiger partial charge on any atom is 0.631 e. The molecule has 0 aliphatic rings. The second kappa shape index (κ2) is 4.61. The highest BCUT2D eigenvalue weighted by Crippen LogP contribution is 1.88. The lowest BCUT2D eigenvalue weighted by Gasteiger charge is -1.83. The predicted octanol–water partition coefficient (Wildman–Crippen LogP) is -3.82. The van der Waals surface area contributed by atoms with Crippen molar-refractivity contribution >= 4 is 18.5 Å². The lowest BCUT2D eigenvalue weighted by Crippen LogP contribution is -2.21. The number of hydrogen-bond donors (Lipinski definition) is 7. The van der Waals surface area contributed by atoms with Crippen LogP contribution in [0.25, 0.3) is 11.2 Å². The Morgan fingerprint density at radius 1 is 0.812 bits per heavy atom. The summed E-state index contributed by atoms with van der Waals surface area (Å²) in [5.74, 6) is 0. The van der Waals surface area contributed by atoms with Gasteiger partial charge in [0.1, 0.15) is 11.2 Å². The third-order valence-corrected chi connectivity index (χ3v) is 1.42. The maximum atomic E-state index is 10.9. The van der Waals surface area contributed by atoms with Gasteiger partial charge >= 0.3 is 18.7 Å². The molecule has 2 aromatic rings. The molecule has 11 heteroatoms. The number of fused-ring (bicyclic) bond motifs is 1. The number of aromatic nitrogens is 4. The molecule has 0 saturated carbocycles. The van der Waals surface area contributed by atoms with Crippen molar-refractivity contribution in [3.05, 3.63) is 31.3 Å². The summed E-state index contributed by atoms with van der Waals surface area (Å²) in [7, 11) is -2.17. The first kappa shape index (κ1) is 12.0. The average Bonchev–Trinajstić information content (AvgIpc) is 2.44. The fourth-order valence-corrected chi connectivity index (χ4v) is 0.958. The molecule has 0 spiro atoms. The van der Waals surface area contributed by atoms with E-state index in [4.69, 9.17) is 15.1 Å².